The predicted molar refractivity (Wildman–Crippen MR) is 137 cm³/mol. The summed E-state index contributed by atoms with van der Waals surface area (Å²) in [7, 11) is 1.24. The Balaban J connectivity index is 1.44. The summed E-state index contributed by atoms with van der Waals surface area (Å²) in [6.07, 6.45) is 1.64. The molecule has 1 N–H and O–H groups in total. The first-order valence-corrected chi connectivity index (χ1v) is 11.6. The van der Waals surface area contributed by atoms with Crippen LogP contribution in [0.4, 0.5) is 4.79 Å². The Morgan fingerprint density at radius 2 is 1.86 bits per heavy atom. The van der Waals surface area contributed by atoms with Crippen molar-refractivity contribution in [3.8, 4) is 5.75 Å². The number of hydrogen-bond donors (Lipinski definition) is 1. The molecule has 8 heteroatoms. The van der Waals surface area contributed by atoms with Gasteiger partial charge < -0.3 is 19.2 Å². The molecule has 3 amide bonds. The Morgan fingerprint density at radius 3 is 2.68 bits per heavy atom. The fraction of sp³-hybridized carbons (Fsp3) is 0.138. The van der Waals surface area contributed by atoms with Crippen molar-refractivity contribution >= 4 is 34.8 Å². The maximum absolute atomic E-state index is 13.2. The third-order valence-corrected chi connectivity index (χ3v) is 6.02. The summed E-state index contributed by atoms with van der Waals surface area (Å²) < 4.78 is 16.2. The van der Waals surface area contributed by atoms with Gasteiger partial charge in [0.05, 0.1) is 13.7 Å². The standard InChI is InChI=1S/C29H24N2O6/c1-18-6-5-7-19(14-18)17-36-25-12-10-20-8-3-4-9-22(20)23(25)15-24-27(32)31(29(34)30-24)16-21-11-13-26(37-21)28(33)35-2/h3-15H,16-17H2,1-2H3,(H,30,34)/b24-15-. The summed E-state index contributed by atoms with van der Waals surface area (Å²) in [6, 6.07) is 22.0. The number of methoxy groups -OCH3 is 1. The Bertz CT molecular complexity index is 1550. The van der Waals surface area contributed by atoms with Gasteiger partial charge in [0, 0.05) is 5.56 Å². The van der Waals surface area contributed by atoms with Crippen LogP contribution in [0.25, 0.3) is 16.8 Å². The van der Waals surface area contributed by atoms with Crippen molar-refractivity contribution in [3.05, 3.63) is 107 Å². The van der Waals surface area contributed by atoms with E-state index in [1.165, 1.54) is 19.2 Å². The Morgan fingerprint density at radius 1 is 1.03 bits per heavy atom. The number of carbonyl (C=O) groups excluding carboxylic acids is 3. The number of carbonyl (C=O) groups is 3. The highest BCUT2D eigenvalue weighted by molar-refractivity contribution is 6.14. The summed E-state index contributed by atoms with van der Waals surface area (Å²) in [5.74, 6) is -0.303. The zero-order chi connectivity index (χ0) is 25.9. The molecule has 1 aliphatic heterocycles. The number of nitrogens with one attached hydrogen (secondary N) is 1. The lowest BCUT2D eigenvalue weighted by molar-refractivity contribution is -0.123. The molecule has 0 atom stereocenters. The third-order valence-electron chi connectivity index (χ3n) is 6.02. The average molecular weight is 497 g/mol. The van der Waals surface area contributed by atoms with E-state index >= 15 is 0 Å². The van der Waals surface area contributed by atoms with Crippen molar-refractivity contribution < 1.29 is 28.3 Å². The first-order valence-electron chi connectivity index (χ1n) is 11.6. The van der Waals surface area contributed by atoms with Gasteiger partial charge in [-0.05, 0) is 47.5 Å². The van der Waals surface area contributed by atoms with Gasteiger partial charge in [-0.3, -0.25) is 9.69 Å². The van der Waals surface area contributed by atoms with Gasteiger partial charge in [0.15, 0.2) is 0 Å². The Labute approximate surface area is 213 Å². The van der Waals surface area contributed by atoms with Gasteiger partial charge in [-0.1, -0.05) is 60.2 Å². The highest BCUT2D eigenvalue weighted by atomic mass is 16.5. The topological polar surface area (TPSA) is 98.1 Å². The molecule has 1 saturated heterocycles. The van der Waals surface area contributed by atoms with Gasteiger partial charge in [0.1, 0.15) is 23.8 Å². The number of rotatable bonds is 7. The van der Waals surface area contributed by atoms with Crippen LogP contribution >= 0.6 is 0 Å². The molecular weight excluding hydrogens is 472 g/mol. The van der Waals surface area contributed by atoms with Crippen molar-refractivity contribution in [2.45, 2.75) is 20.1 Å². The molecule has 0 unspecified atom stereocenters. The lowest BCUT2D eigenvalue weighted by atomic mass is 10.0. The second kappa shape index (κ2) is 10.0. The average Bonchev–Trinajstić information content (AvgIpc) is 3.48. The number of amides is 3. The second-order valence-corrected chi connectivity index (χ2v) is 8.61. The van der Waals surface area contributed by atoms with E-state index in [4.69, 9.17) is 9.15 Å². The summed E-state index contributed by atoms with van der Waals surface area (Å²) >= 11 is 0. The SMILES string of the molecule is COC(=O)c1ccc(CN2C(=O)N/C(=C\c3c(OCc4cccc(C)c4)ccc4ccccc34)C2=O)o1. The van der Waals surface area contributed by atoms with Gasteiger partial charge >= 0.3 is 12.0 Å². The Hall–Kier alpha value is -4.85. The van der Waals surface area contributed by atoms with E-state index in [-0.39, 0.29) is 23.8 Å². The van der Waals surface area contributed by atoms with E-state index in [0.29, 0.717) is 17.9 Å². The third kappa shape index (κ3) is 4.95. The quantitative estimate of drug-likeness (QED) is 0.215. The van der Waals surface area contributed by atoms with Crippen LogP contribution < -0.4 is 10.1 Å². The zero-order valence-electron chi connectivity index (χ0n) is 20.3. The number of ether oxygens (including phenoxy) is 2. The van der Waals surface area contributed by atoms with Crippen LogP contribution in [0.2, 0.25) is 0 Å². The van der Waals surface area contributed by atoms with E-state index < -0.39 is 17.9 Å². The number of fused-ring (bicyclic) bond motifs is 1. The number of furan rings is 1. The monoisotopic (exact) mass is 496 g/mol. The number of aryl methyl sites for hydroxylation is 1. The highest BCUT2D eigenvalue weighted by Crippen LogP contribution is 2.32. The van der Waals surface area contributed by atoms with Gasteiger partial charge in [0.2, 0.25) is 5.76 Å². The van der Waals surface area contributed by atoms with Crippen LogP contribution in [0.1, 0.15) is 33.0 Å². The van der Waals surface area contributed by atoms with E-state index in [0.717, 1.165) is 26.8 Å². The molecule has 4 aromatic rings. The fourth-order valence-electron chi connectivity index (χ4n) is 4.20. The summed E-state index contributed by atoms with van der Waals surface area (Å²) in [5.41, 5.74) is 2.95. The molecule has 0 saturated carbocycles. The molecule has 37 heavy (non-hydrogen) atoms. The van der Waals surface area contributed by atoms with Gasteiger partial charge in [0.25, 0.3) is 5.91 Å². The molecule has 0 radical (unpaired) electrons. The van der Waals surface area contributed by atoms with Gasteiger partial charge in [-0.25, -0.2) is 9.59 Å². The van der Waals surface area contributed by atoms with Crippen LogP contribution in [0, 0.1) is 6.92 Å². The largest absolute Gasteiger partial charge is 0.488 e. The molecular formula is C29H24N2O6. The minimum atomic E-state index is -0.641. The number of nitrogens with zero attached hydrogens (tertiary/aromatic N) is 1. The maximum Gasteiger partial charge on any atom is 0.373 e. The number of hydrogen-bond acceptors (Lipinski definition) is 6. The maximum atomic E-state index is 13.2. The fourth-order valence-corrected chi connectivity index (χ4v) is 4.20. The summed E-state index contributed by atoms with van der Waals surface area (Å²) in [6.45, 7) is 2.24. The van der Waals surface area contributed by atoms with Crippen molar-refractivity contribution in [1.29, 1.82) is 0 Å². The molecule has 0 bridgehead atoms. The van der Waals surface area contributed by atoms with E-state index in [9.17, 15) is 14.4 Å². The van der Waals surface area contributed by atoms with Crippen molar-refractivity contribution in [2.24, 2.45) is 0 Å². The zero-order valence-corrected chi connectivity index (χ0v) is 20.3. The van der Waals surface area contributed by atoms with Gasteiger partial charge in [-0.15, -0.1) is 0 Å². The molecule has 1 fully saturated rings. The van der Waals surface area contributed by atoms with E-state index in [2.05, 4.69) is 16.1 Å². The smallest absolute Gasteiger partial charge is 0.373 e. The van der Waals surface area contributed by atoms with E-state index in [1.807, 2.05) is 61.5 Å². The van der Waals surface area contributed by atoms with Gasteiger partial charge in [-0.2, -0.15) is 0 Å². The minimum Gasteiger partial charge on any atom is -0.488 e. The molecule has 2 heterocycles. The number of esters is 1. The van der Waals surface area contributed by atoms with E-state index in [1.54, 1.807) is 6.08 Å². The lowest BCUT2D eigenvalue weighted by Crippen LogP contribution is -2.30. The predicted octanol–water partition coefficient (Wildman–Crippen LogP) is 5.20. The summed E-state index contributed by atoms with van der Waals surface area (Å²) in [4.78, 5) is 38.5. The van der Waals surface area contributed by atoms with Crippen LogP contribution in [0.5, 0.6) is 5.75 Å². The highest BCUT2D eigenvalue weighted by Gasteiger charge is 2.34. The van der Waals surface area contributed by atoms with Crippen molar-refractivity contribution in [1.82, 2.24) is 10.2 Å². The first-order chi connectivity index (χ1) is 17.9. The van der Waals surface area contributed by atoms with Crippen LogP contribution in [0.15, 0.2) is 82.9 Å². The number of urea groups is 1. The molecule has 186 valence electrons. The first kappa shape index (κ1) is 23.9. The lowest BCUT2D eigenvalue weighted by Gasteiger charge is -2.13. The molecule has 0 spiro atoms. The molecule has 8 nitrogen and oxygen atoms in total. The normalized spacial score (nSPS) is 14.3. The van der Waals surface area contributed by atoms with Crippen molar-refractivity contribution in [3.63, 3.8) is 0 Å². The molecule has 1 aliphatic rings. The number of imide groups is 1. The van der Waals surface area contributed by atoms with Crippen LogP contribution in [-0.2, 0) is 22.7 Å². The molecule has 5 rings (SSSR count). The van der Waals surface area contributed by atoms with Crippen molar-refractivity contribution in [2.75, 3.05) is 7.11 Å². The van der Waals surface area contributed by atoms with Crippen LogP contribution in [-0.4, -0.2) is 29.9 Å². The molecule has 3 aromatic carbocycles. The minimum absolute atomic E-state index is 0.00789. The van der Waals surface area contributed by atoms with Crippen LogP contribution in [0.3, 0.4) is 0 Å². The molecule has 1 aromatic heterocycles. The molecule has 0 aliphatic carbocycles. The number of benzene rings is 3. The Kier molecular flexibility index (Phi) is 6.47. The summed E-state index contributed by atoms with van der Waals surface area (Å²) in [5, 5.41) is 4.50. The second-order valence-electron chi connectivity index (χ2n) is 8.61.